The van der Waals surface area contributed by atoms with Gasteiger partial charge in [-0.05, 0) is 25.3 Å². The maximum atomic E-state index is 10.6. The molecule has 0 aliphatic heterocycles. The molecule has 0 fully saturated rings. The molecule has 90 valence electrons. The number of carboxylic acid groups (broad SMARTS) is 1. The van der Waals surface area contributed by atoms with E-state index in [2.05, 4.69) is 10.5 Å². The number of carboxylic acids is 1. The SMILES string of the molecule is CC(=O)N/N=C(/C)CC/C(=C/C(=O)O)CN. The molecule has 0 saturated carbocycles. The van der Waals surface area contributed by atoms with E-state index >= 15 is 0 Å². The normalized spacial score (nSPS) is 12.4. The Balaban J connectivity index is 4.16. The van der Waals surface area contributed by atoms with Crippen molar-refractivity contribution in [3.63, 3.8) is 0 Å². The maximum absolute atomic E-state index is 10.6. The van der Waals surface area contributed by atoms with Gasteiger partial charge in [0.2, 0.25) is 5.91 Å². The average molecular weight is 227 g/mol. The van der Waals surface area contributed by atoms with Gasteiger partial charge in [0.05, 0.1) is 0 Å². The van der Waals surface area contributed by atoms with Gasteiger partial charge in [-0.2, -0.15) is 5.10 Å². The van der Waals surface area contributed by atoms with Gasteiger partial charge in [-0.3, -0.25) is 4.79 Å². The van der Waals surface area contributed by atoms with Crippen molar-refractivity contribution < 1.29 is 14.7 Å². The van der Waals surface area contributed by atoms with E-state index < -0.39 is 5.97 Å². The Hall–Kier alpha value is -1.69. The number of carbonyl (C=O) groups is 2. The van der Waals surface area contributed by atoms with Crippen LogP contribution in [0.1, 0.15) is 26.7 Å². The monoisotopic (exact) mass is 227 g/mol. The molecule has 4 N–H and O–H groups in total. The van der Waals surface area contributed by atoms with E-state index in [1.807, 2.05) is 0 Å². The summed E-state index contributed by atoms with van der Waals surface area (Å²) in [7, 11) is 0. The largest absolute Gasteiger partial charge is 0.478 e. The molecular formula is C10H17N3O3. The molecule has 0 aliphatic rings. The predicted molar refractivity (Wildman–Crippen MR) is 60.9 cm³/mol. The fourth-order valence-electron chi connectivity index (χ4n) is 0.979. The first kappa shape index (κ1) is 14.3. The molecule has 16 heavy (non-hydrogen) atoms. The summed E-state index contributed by atoms with van der Waals surface area (Å²) in [6.45, 7) is 3.33. The van der Waals surface area contributed by atoms with Crippen molar-refractivity contribution in [2.24, 2.45) is 10.8 Å². The van der Waals surface area contributed by atoms with Crippen LogP contribution < -0.4 is 11.2 Å². The third-order valence-corrected chi connectivity index (χ3v) is 1.80. The summed E-state index contributed by atoms with van der Waals surface area (Å²) in [5.74, 6) is -1.24. The van der Waals surface area contributed by atoms with Crippen LogP contribution in [0.4, 0.5) is 0 Å². The molecule has 0 radical (unpaired) electrons. The summed E-state index contributed by atoms with van der Waals surface area (Å²) in [4.78, 5) is 21.0. The third kappa shape index (κ3) is 7.69. The van der Waals surface area contributed by atoms with E-state index in [1.165, 1.54) is 6.92 Å². The van der Waals surface area contributed by atoms with Crippen LogP contribution in [-0.2, 0) is 9.59 Å². The van der Waals surface area contributed by atoms with Crippen molar-refractivity contribution in [2.75, 3.05) is 6.54 Å². The Morgan fingerprint density at radius 3 is 2.44 bits per heavy atom. The van der Waals surface area contributed by atoms with E-state index in [0.29, 0.717) is 18.4 Å². The van der Waals surface area contributed by atoms with Crippen molar-refractivity contribution in [2.45, 2.75) is 26.7 Å². The molecule has 1 amide bonds. The summed E-state index contributed by atoms with van der Waals surface area (Å²) < 4.78 is 0. The number of hydrazone groups is 1. The first-order chi connectivity index (χ1) is 7.45. The van der Waals surface area contributed by atoms with Crippen LogP contribution in [0, 0.1) is 0 Å². The van der Waals surface area contributed by atoms with Crippen LogP contribution >= 0.6 is 0 Å². The molecule has 0 unspecified atom stereocenters. The number of rotatable bonds is 6. The molecule has 0 heterocycles. The van der Waals surface area contributed by atoms with Gasteiger partial charge in [-0.1, -0.05) is 0 Å². The highest BCUT2D eigenvalue weighted by Gasteiger charge is 2.00. The first-order valence-electron chi connectivity index (χ1n) is 4.88. The highest BCUT2D eigenvalue weighted by atomic mass is 16.4. The van der Waals surface area contributed by atoms with Crippen LogP contribution in [-0.4, -0.2) is 29.2 Å². The standard InChI is InChI=1S/C10H17N3O3/c1-7(12-13-8(2)14)3-4-9(6-11)5-10(15)16/h5H,3-4,6,11H2,1-2H3,(H,13,14)(H,15,16)/b9-5-,12-7-. The highest BCUT2D eigenvalue weighted by Crippen LogP contribution is 2.04. The van der Waals surface area contributed by atoms with Gasteiger partial charge in [0, 0.05) is 25.3 Å². The summed E-state index contributed by atoms with van der Waals surface area (Å²) in [6.07, 6.45) is 2.19. The quantitative estimate of drug-likeness (QED) is 0.343. The minimum atomic E-state index is -1.00. The second-order valence-electron chi connectivity index (χ2n) is 3.36. The van der Waals surface area contributed by atoms with Crippen molar-refractivity contribution in [1.29, 1.82) is 0 Å². The van der Waals surface area contributed by atoms with Crippen LogP contribution in [0.15, 0.2) is 16.8 Å². The van der Waals surface area contributed by atoms with Crippen LogP contribution in [0.25, 0.3) is 0 Å². The lowest BCUT2D eigenvalue weighted by molar-refractivity contribution is -0.131. The molecule has 0 bridgehead atoms. The Labute approximate surface area is 94.2 Å². The Morgan fingerprint density at radius 2 is 2.00 bits per heavy atom. The predicted octanol–water partition coefficient (Wildman–Crippen LogP) is 0.248. The zero-order chi connectivity index (χ0) is 12.6. The summed E-state index contributed by atoms with van der Waals surface area (Å²) >= 11 is 0. The minimum absolute atomic E-state index is 0.208. The molecule has 0 saturated heterocycles. The Kier molecular flexibility index (Phi) is 6.78. The lowest BCUT2D eigenvalue weighted by Gasteiger charge is -2.03. The summed E-state index contributed by atoms with van der Waals surface area (Å²) in [5.41, 5.74) is 9.06. The zero-order valence-corrected chi connectivity index (χ0v) is 9.49. The number of aliphatic carboxylic acids is 1. The van der Waals surface area contributed by atoms with Crippen molar-refractivity contribution in [3.8, 4) is 0 Å². The minimum Gasteiger partial charge on any atom is -0.478 e. The van der Waals surface area contributed by atoms with E-state index in [0.717, 1.165) is 11.8 Å². The zero-order valence-electron chi connectivity index (χ0n) is 9.49. The molecular weight excluding hydrogens is 210 g/mol. The van der Waals surface area contributed by atoms with Gasteiger partial charge in [0.15, 0.2) is 0 Å². The Bertz CT molecular complexity index is 321. The molecule has 0 rings (SSSR count). The topological polar surface area (TPSA) is 105 Å². The van der Waals surface area contributed by atoms with E-state index in [4.69, 9.17) is 10.8 Å². The van der Waals surface area contributed by atoms with Crippen molar-refractivity contribution >= 4 is 17.6 Å². The van der Waals surface area contributed by atoms with Gasteiger partial charge < -0.3 is 10.8 Å². The van der Waals surface area contributed by atoms with Crippen molar-refractivity contribution in [3.05, 3.63) is 11.6 Å². The fraction of sp³-hybridized carbons (Fsp3) is 0.500. The maximum Gasteiger partial charge on any atom is 0.328 e. The second-order valence-corrected chi connectivity index (χ2v) is 3.36. The average Bonchev–Trinajstić information content (AvgIpc) is 2.20. The molecule has 0 aliphatic carbocycles. The lowest BCUT2D eigenvalue weighted by Crippen LogP contribution is -2.15. The molecule has 0 atom stereocenters. The number of amides is 1. The van der Waals surface area contributed by atoms with Crippen LogP contribution in [0.5, 0.6) is 0 Å². The van der Waals surface area contributed by atoms with Crippen LogP contribution in [0.2, 0.25) is 0 Å². The first-order valence-corrected chi connectivity index (χ1v) is 4.88. The number of carbonyl (C=O) groups excluding carboxylic acids is 1. The van der Waals surface area contributed by atoms with Crippen molar-refractivity contribution in [1.82, 2.24) is 5.43 Å². The summed E-state index contributed by atoms with van der Waals surface area (Å²) in [5, 5.41) is 12.3. The summed E-state index contributed by atoms with van der Waals surface area (Å²) in [6, 6.07) is 0. The molecule has 6 heteroatoms. The molecule has 0 aromatic carbocycles. The second kappa shape index (κ2) is 7.58. The van der Waals surface area contributed by atoms with E-state index in [-0.39, 0.29) is 12.5 Å². The van der Waals surface area contributed by atoms with Gasteiger partial charge in [0.1, 0.15) is 0 Å². The molecule has 0 spiro atoms. The van der Waals surface area contributed by atoms with Gasteiger partial charge in [0.25, 0.3) is 0 Å². The number of nitrogens with zero attached hydrogens (tertiary/aromatic N) is 1. The van der Waals surface area contributed by atoms with E-state index in [1.54, 1.807) is 6.92 Å². The number of nitrogens with one attached hydrogen (secondary N) is 1. The van der Waals surface area contributed by atoms with Gasteiger partial charge in [-0.25, -0.2) is 10.2 Å². The van der Waals surface area contributed by atoms with Crippen LogP contribution in [0.3, 0.4) is 0 Å². The van der Waals surface area contributed by atoms with E-state index in [9.17, 15) is 9.59 Å². The number of hydrogen-bond donors (Lipinski definition) is 3. The lowest BCUT2D eigenvalue weighted by atomic mass is 10.1. The smallest absolute Gasteiger partial charge is 0.328 e. The molecule has 6 nitrogen and oxygen atoms in total. The third-order valence-electron chi connectivity index (χ3n) is 1.80. The van der Waals surface area contributed by atoms with Gasteiger partial charge >= 0.3 is 5.97 Å². The fourth-order valence-corrected chi connectivity index (χ4v) is 0.979. The Morgan fingerprint density at radius 1 is 1.38 bits per heavy atom. The van der Waals surface area contributed by atoms with Gasteiger partial charge in [-0.15, -0.1) is 0 Å². The highest BCUT2D eigenvalue weighted by molar-refractivity contribution is 5.84. The number of hydrogen-bond acceptors (Lipinski definition) is 4. The number of nitrogens with two attached hydrogens (primary N) is 1. The molecule has 0 aromatic heterocycles. The molecule has 0 aromatic rings.